The molecule has 0 spiro atoms. The van der Waals surface area contributed by atoms with E-state index in [4.69, 9.17) is 33.2 Å². The lowest BCUT2D eigenvalue weighted by atomic mass is 10.0. The smallest absolute Gasteiger partial charge is 0.0988 e. The number of fused-ring (bicyclic) bond motifs is 1. The molecule has 0 saturated carbocycles. The molecule has 0 N–H and O–H groups in total. The minimum Gasteiger partial charge on any atom is -0.244 e. The standard InChI is InChI=1S/C20H12Cl2N2/c21-15-10-6-9-14(18(15)22)20-19(13-7-2-1-3-8-13)23-16-11-4-5-12-17(16)24-20/h1-12H. The molecule has 4 aromatic rings. The van der Waals surface area contributed by atoms with Gasteiger partial charge in [0, 0.05) is 11.1 Å². The molecule has 4 rings (SSSR count). The molecule has 0 unspecified atom stereocenters. The molecule has 0 fully saturated rings. The lowest BCUT2D eigenvalue weighted by Gasteiger charge is -2.12. The molecule has 0 aliphatic carbocycles. The van der Waals surface area contributed by atoms with Crippen molar-refractivity contribution in [2.75, 3.05) is 0 Å². The normalized spacial score (nSPS) is 10.9. The highest BCUT2D eigenvalue weighted by atomic mass is 35.5. The Kier molecular flexibility index (Phi) is 3.93. The van der Waals surface area contributed by atoms with Crippen LogP contribution < -0.4 is 0 Å². The van der Waals surface area contributed by atoms with Gasteiger partial charge in [0.1, 0.15) is 0 Å². The summed E-state index contributed by atoms with van der Waals surface area (Å²) in [6, 6.07) is 23.3. The number of para-hydroxylation sites is 2. The van der Waals surface area contributed by atoms with Crippen molar-refractivity contribution in [2.45, 2.75) is 0 Å². The van der Waals surface area contributed by atoms with Crippen LogP contribution in [-0.4, -0.2) is 9.97 Å². The van der Waals surface area contributed by atoms with Gasteiger partial charge >= 0.3 is 0 Å². The summed E-state index contributed by atoms with van der Waals surface area (Å²) in [6.07, 6.45) is 0. The molecule has 0 aliphatic rings. The molecule has 0 aliphatic heterocycles. The van der Waals surface area contributed by atoms with Crippen LogP contribution in [0.3, 0.4) is 0 Å². The fraction of sp³-hybridized carbons (Fsp3) is 0. The number of hydrogen-bond donors (Lipinski definition) is 0. The van der Waals surface area contributed by atoms with E-state index in [2.05, 4.69) is 0 Å². The molecule has 1 heterocycles. The topological polar surface area (TPSA) is 25.8 Å². The molecule has 0 bridgehead atoms. The van der Waals surface area contributed by atoms with E-state index in [1.165, 1.54) is 0 Å². The average molecular weight is 351 g/mol. The Labute approximate surface area is 149 Å². The maximum Gasteiger partial charge on any atom is 0.0988 e. The predicted molar refractivity (Wildman–Crippen MR) is 100 cm³/mol. The second-order valence-corrected chi connectivity index (χ2v) is 6.16. The van der Waals surface area contributed by atoms with Crippen molar-refractivity contribution in [3.63, 3.8) is 0 Å². The van der Waals surface area contributed by atoms with E-state index in [1.54, 1.807) is 6.07 Å². The van der Waals surface area contributed by atoms with Crippen LogP contribution in [0.2, 0.25) is 10.0 Å². The highest BCUT2D eigenvalue weighted by molar-refractivity contribution is 6.43. The van der Waals surface area contributed by atoms with E-state index in [1.807, 2.05) is 66.7 Å². The summed E-state index contributed by atoms with van der Waals surface area (Å²) in [7, 11) is 0. The maximum atomic E-state index is 6.44. The Morgan fingerprint density at radius 2 is 1.21 bits per heavy atom. The van der Waals surface area contributed by atoms with E-state index in [0.29, 0.717) is 10.0 Å². The highest BCUT2D eigenvalue weighted by Crippen LogP contribution is 2.37. The summed E-state index contributed by atoms with van der Waals surface area (Å²) in [6.45, 7) is 0. The van der Waals surface area contributed by atoms with Crippen LogP contribution in [0.1, 0.15) is 0 Å². The van der Waals surface area contributed by atoms with Crippen LogP contribution in [0, 0.1) is 0 Å². The lowest BCUT2D eigenvalue weighted by Crippen LogP contribution is -1.96. The zero-order valence-electron chi connectivity index (χ0n) is 12.6. The van der Waals surface area contributed by atoms with Gasteiger partial charge in [0.05, 0.1) is 32.5 Å². The first-order valence-electron chi connectivity index (χ1n) is 7.50. The average Bonchev–Trinajstić information content (AvgIpc) is 2.64. The predicted octanol–water partition coefficient (Wildman–Crippen LogP) is 6.27. The van der Waals surface area contributed by atoms with Crippen LogP contribution in [0.15, 0.2) is 72.8 Å². The van der Waals surface area contributed by atoms with Crippen molar-refractivity contribution >= 4 is 34.2 Å². The Balaban J connectivity index is 2.07. The first-order valence-corrected chi connectivity index (χ1v) is 8.26. The fourth-order valence-corrected chi connectivity index (χ4v) is 3.06. The van der Waals surface area contributed by atoms with Gasteiger partial charge in [-0.15, -0.1) is 0 Å². The molecule has 2 nitrogen and oxygen atoms in total. The van der Waals surface area contributed by atoms with Crippen molar-refractivity contribution in [2.24, 2.45) is 0 Å². The number of aromatic nitrogens is 2. The van der Waals surface area contributed by atoms with E-state index in [9.17, 15) is 0 Å². The van der Waals surface area contributed by atoms with Gasteiger partial charge in [-0.2, -0.15) is 0 Å². The molecule has 0 saturated heterocycles. The summed E-state index contributed by atoms with van der Waals surface area (Å²) in [5.41, 5.74) is 4.95. The largest absolute Gasteiger partial charge is 0.244 e. The minimum absolute atomic E-state index is 0.487. The molecule has 24 heavy (non-hydrogen) atoms. The first-order chi connectivity index (χ1) is 11.7. The van der Waals surface area contributed by atoms with E-state index in [-0.39, 0.29) is 0 Å². The fourth-order valence-electron chi connectivity index (χ4n) is 2.67. The van der Waals surface area contributed by atoms with E-state index >= 15 is 0 Å². The third-order valence-electron chi connectivity index (χ3n) is 3.82. The van der Waals surface area contributed by atoms with Crippen LogP contribution >= 0.6 is 23.2 Å². The van der Waals surface area contributed by atoms with Gasteiger partial charge < -0.3 is 0 Å². The molecular weight excluding hydrogens is 339 g/mol. The maximum absolute atomic E-state index is 6.44. The number of nitrogens with zero attached hydrogens (tertiary/aromatic N) is 2. The second-order valence-electron chi connectivity index (χ2n) is 5.38. The van der Waals surface area contributed by atoms with Crippen molar-refractivity contribution in [3.05, 3.63) is 82.8 Å². The van der Waals surface area contributed by atoms with Gasteiger partial charge in [-0.1, -0.05) is 77.8 Å². The van der Waals surface area contributed by atoms with Gasteiger partial charge in [0.15, 0.2) is 0 Å². The molecule has 0 amide bonds. The zero-order chi connectivity index (χ0) is 16.5. The molecule has 0 radical (unpaired) electrons. The Bertz CT molecular complexity index is 1030. The summed E-state index contributed by atoms with van der Waals surface area (Å²) in [5.74, 6) is 0. The SMILES string of the molecule is Clc1cccc(-c2nc3ccccc3nc2-c2ccccc2)c1Cl. The molecule has 0 atom stereocenters. The number of halogens is 2. The first kappa shape index (κ1) is 15.1. The number of benzene rings is 3. The minimum atomic E-state index is 0.487. The molecule has 4 heteroatoms. The third-order valence-corrected chi connectivity index (χ3v) is 4.64. The van der Waals surface area contributed by atoms with Crippen molar-refractivity contribution in [1.82, 2.24) is 9.97 Å². The second kappa shape index (κ2) is 6.23. The Morgan fingerprint density at radius 1 is 0.583 bits per heavy atom. The number of hydrogen-bond acceptors (Lipinski definition) is 2. The van der Waals surface area contributed by atoms with Gasteiger partial charge in [0.25, 0.3) is 0 Å². The van der Waals surface area contributed by atoms with Crippen molar-refractivity contribution in [3.8, 4) is 22.5 Å². The molecule has 116 valence electrons. The lowest BCUT2D eigenvalue weighted by molar-refractivity contribution is 1.29. The monoisotopic (exact) mass is 350 g/mol. The van der Waals surface area contributed by atoms with E-state index < -0.39 is 0 Å². The van der Waals surface area contributed by atoms with Crippen molar-refractivity contribution in [1.29, 1.82) is 0 Å². The van der Waals surface area contributed by atoms with Crippen LogP contribution in [0.4, 0.5) is 0 Å². The summed E-state index contributed by atoms with van der Waals surface area (Å²) < 4.78 is 0. The van der Waals surface area contributed by atoms with E-state index in [0.717, 1.165) is 33.5 Å². The summed E-state index contributed by atoms with van der Waals surface area (Å²) in [5, 5.41) is 0.990. The van der Waals surface area contributed by atoms with Crippen LogP contribution in [-0.2, 0) is 0 Å². The van der Waals surface area contributed by atoms with Gasteiger partial charge in [0.2, 0.25) is 0 Å². The van der Waals surface area contributed by atoms with Gasteiger partial charge in [-0.25, -0.2) is 9.97 Å². The summed E-state index contributed by atoms with van der Waals surface area (Å²) >= 11 is 12.6. The van der Waals surface area contributed by atoms with Crippen LogP contribution in [0.25, 0.3) is 33.5 Å². The van der Waals surface area contributed by atoms with Gasteiger partial charge in [-0.3, -0.25) is 0 Å². The molecule has 3 aromatic carbocycles. The summed E-state index contributed by atoms with van der Waals surface area (Å²) in [4.78, 5) is 9.65. The highest BCUT2D eigenvalue weighted by Gasteiger charge is 2.16. The third kappa shape index (κ3) is 2.64. The zero-order valence-corrected chi connectivity index (χ0v) is 14.1. The van der Waals surface area contributed by atoms with Crippen LogP contribution in [0.5, 0.6) is 0 Å². The van der Waals surface area contributed by atoms with Crippen molar-refractivity contribution < 1.29 is 0 Å². The Hall–Kier alpha value is -2.42. The van der Waals surface area contributed by atoms with Gasteiger partial charge in [-0.05, 0) is 18.2 Å². The molecular formula is C20H12Cl2N2. The Morgan fingerprint density at radius 3 is 1.92 bits per heavy atom. The molecule has 1 aromatic heterocycles. The quantitative estimate of drug-likeness (QED) is 0.425. The number of rotatable bonds is 2.